The maximum Gasteiger partial charge on any atom is 0.193 e. The van der Waals surface area contributed by atoms with E-state index in [0.29, 0.717) is 5.41 Å². The normalized spacial score (nSPS) is 25.2. The number of guanidine groups is 1. The average molecular weight is 468 g/mol. The van der Waals surface area contributed by atoms with Gasteiger partial charge in [0.1, 0.15) is 0 Å². The van der Waals surface area contributed by atoms with E-state index >= 15 is 0 Å². The Morgan fingerprint density at radius 3 is 2.85 bits per heavy atom. The number of hydrogen-bond donors (Lipinski definition) is 1. The van der Waals surface area contributed by atoms with Crippen LogP contribution in [0, 0.1) is 5.41 Å². The van der Waals surface area contributed by atoms with E-state index in [0.717, 1.165) is 51.9 Å². The summed E-state index contributed by atoms with van der Waals surface area (Å²) in [5, 5.41) is 3.55. The van der Waals surface area contributed by atoms with E-state index in [9.17, 15) is 0 Å². The Balaban J connectivity index is 0.00000196. The van der Waals surface area contributed by atoms with Gasteiger partial charge in [-0.3, -0.25) is 4.99 Å². The second kappa shape index (κ2) is 8.61. The van der Waals surface area contributed by atoms with Gasteiger partial charge in [0, 0.05) is 57.5 Å². The van der Waals surface area contributed by atoms with E-state index in [4.69, 9.17) is 4.74 Å². The van der Waals surface area contributed by atoms with E-state index < -0.39 is 0 Å². The molecule has 3 aliphatic rings. The SMILES string of the molecule is CN=C(NCc1cccc(N2CC=CC2)c1)N1CCC2(CCOC2)C1.I. The Morgan fingerprint density at radius 2 is 2.12 bits per heavy atom. The van der Waals surface area contributed by atoms with Crippen molar-refractivity contribution in [3.63, 3.8) is 0 Å². The van der Waals surface area contributed by atoms with Crippen LogP contribution in [-0.2, 0) is 11.3 Å². The minimum Gasteiger partial charge on any atom is -0.381 e. The van der Waals surface area contributed by atoms with E-state index in [1.807, 2.05) is 7.05 Å². The van der Waals surface area contributed by atoms with Gasteiger partial charge in [-0.05, 0) is 30.5 Å². The molecular formula is C20H29IN4O. The van der Waals surface area contributed by atoms with Crippen molar-refractivity contribution in [2.24, 2.45) is 10.4 Å². The van der Waals surface area contributed by atoms with Crippen molar-refractivity contribution < 1.29 is 4.74 Å². The van der Waals surface area contributed by atoms with Gasteiger partial charge in [0.05, 0.1) is 6.61 Å². The Hall–Kier alpha value is -1.28. The molecule has 0 aromatic heterocycles. The zero-order valence-electron chi connectivity index (χ0n) is 15.5. The van der Waals surface area contributed by atoms with Crippen molar-refractivity contribution in [3.8, 4) is 0 Å². The number of ether oxygens (including phenoxy) is 1. The van der Waals surface area contributed by atoms with Crippen LogP contribution in [0.3, 0.4) is 0 Å². The van der Waals surface area contributed by atoms with Crippen molar-refractivity contribution in [1.82, 2.24) is 10.2 Å². The van der Waals surface area contributed by atoms with Crippen LogP contribution in [0.2, 0.25) is 0 Å². The summed E-state index contributed by atoms with van der Waals surface area (Å²) < 4.78 is 5.64. The van der Waals surface area contributed by atoms with Crippen molar-refractivity contribution in [1.29, 1.82) is 0 Å². The molecular weight excluding hydrogens is 439 g/mol. The van der Waals surface area contributed by atoms with E-state index in [2.05, 4.69) is 56.5 Å². The van der Waals surface area contributed by atoms with Crippen LogP contribution in [0.1, 0.15) is 18.4 Å². The molecule has 1 aromatic carbocycles. The van der Waals surface area contributed by atoms with Crippen LogP contribution < -0.4 is 10.2 Å². The van der Waals surface area contributed by atoms with Crippen molar-refractivity contribution >= 4 is 35.6 Å². The van der Waals surface area contributed by atoms with Gasteiger partial charge in [-0.1, -0.05) is 24.3 Å². The highest BCUT2D eigenvalue weighted by Crippen LogP contribution is 2.38. The third-order valence-corrected chi connectivity index (χ3v) is 5.68. The van der Waals surface area contributed by atoms with Gasteiger partial charge < -0.3 is 19.9 Å². The molecule has 2 saturated heterocycles. The fourth-order valence-electron chi connectivity index (χ4n) is 4.15. The van der Waals surface area contributed by atoms with Gasteiger partial charge in [-0.25, -0.2) is 0 Å². The van der Waals surface area contributed by atoms with Crippen molar-refractivity contribution in [2.45, 2.75) is 19.4 Å². The topological polar surface area (TPSA) is 40.1 Å². The van der Waals surface area contributed by atoms with Crippen LogP contribution in [0.4, 0.5) is 5.69 Å². The number of hydrogen-bond acceptors (Lipinski definition) is 3. The van der Waals surface area contributed by atoms with Crippen LogP contribution in [0.25, 0.3) is 0 Å². The number of benzene rings is 1. The number of aliphatic imine (C=N–C) groups is 1. The fraction of sp³-hybridized carbons (Fsp3) is 0.550. The molecule has 2 fully saturated rings. The number of likely N-dealkylation sites (tertiary alicyclic amines) is 1. The maximum absolute atomic E-state index is 5.64. The number of anilines is 1. The fourth-order valence-corrected chi connectivity index (χ4v) is 4.15. The van der Waals surface area contributed by atoms with Gasteiger partial charge in [0.2, 0.25) is 0 Å². The average Bonchev–Trinajstić information content (AvgIpc) is 3.40. The number of halogens is 1. The first-order chi connectivity index (χ1) is 12.3. The molecule has 0 bridgehead atoms. The lowest BCUT2D eigenvalue weighted by Gasteiger charge is -2.25. The summed E-state index contributed by atoms with van der Waals surface area (Å²) in [6.07, 6.45) is 6.85. The standard InChI is InChI=1S/C20H28N4O.HI/c1-21-19(24-11-7-20(15-24)8-12-25-16-20)22-14-17-5-4-6-18(13-17)23-9-2-3-10-23;/h2-6,13H,7-12,14-16H2,1H3,(H,21,22);1H. The summed E-state index contributed by atoms with van der Waals surface area (Å²) in [5.41, 5.74) is 2.95. The predicted octanol–water partition coefficient (Wildman–Crippen LogP) is 2.87. The first kappa shape index (κ1) is 19.5. The Bertz CT molecular complexity index is 662. The summed E-state index contributed by atoms with van der Waals surface area (Å²) in [7, 11) is 1.88. The lowest BCUT2D eigenvalue weighted by atomic mass is 9.87. The largest absolute Gasteiger partial charge is 0.381 e. The van der Waals surface area contributed by atoms with E-state index in [-0.39, 0.29) is 24.0 Å². The Morgan fingerprint density at radius 1 is 1.27 bits per heavy atom. The first-order valence-electron chi connectivity index (χ1n) is 9.30. The Labute approximate surface area is 173 Å². The molecule has 1 N–H and O–H groups in total. The second-order valence-electron chi connectivity index (χ2n) is 7.42. The van der Waals surface area contributed by atoms with Gasteiger partial charge in [-0.15, -0.1) is 24.0 Å². The van der Waals surface area contributed by atoms with Crippen molar-refractivity contribution in [3.05, 3.63) is 42.0 Å². The molecule has 3 heterocycles. The van der Waals surface area contributed by atoms with Crippen LogP contribution in [0.5, 0.6) is 0 Å². The zero-order valence-corrected chi connectivity index (χ0v) is 17.8. The molecule has 1 atom stereocenters. The maximum atomic E-state index is 5.64. The zero-order chi connectivity index (χ0) is 17.1. The molecule has 26 heavy (non-hydrogen) atoms. The molecule has 1 unspecified atom stereocenters. The molecule has 4 rings (SSSR count). The first-order valence-corrected chi connectivity index (χ1v) is 9.30. The van der Waals surface area contributed by atoms with Crippen LogP contribution in [-0.4, -0.2) is 57.3 Å². The molecule has 0 radical (unpaired) electrons. The minimum atomic E-state index is 0. The summed E-state index contributed by atoms with van der Waals surface area (Å²) in [6, 6.07) is 8.80. The smallest absolute Gasteiger partial charge is 0.193 e. The number of nitrogens with one attached hydrogen (secondary N) is 1. The predicted molar refractivity (Wildman–Crippen MR) is 117 cm³/mol. The molecule has 1 aromatic rings. The number of rotatable bonds is 3. The highest BCUT2D eigenvalue weighted by atomic mass is 127. The molecule has 6 heteroatoms. The lowest BCUT2D eigenvalue weighted by molar-refractivity contribution is 0.156. The lowest BCUT2D eigenvalue weighted by Crippen LogP contribution is -2.41. The third kappa shape index (κ3) is 4.17. The van der Waals surface area contributed by atoms with E-state index in [1.165, 1.54) is 24.1 Å². The highest BCUT2D eigenvalue weighted by Gasteiger charge is 2.42. The van der Waals surface area contributed by atoms with E-state index in [1.54, 1.807) is 0 Å². The highest BCUT2D eigenvalue weighted by molar-refractivity contribution is 14.0. The summed E-state index contributed by atoms with van der Waals surface area (Å²) in [5.74, 6) is 1.01. The second-order valence-corrected chi connectivity index (χ2v) is 7.42. The molecule has 5 nitrogen and oxygen atoms in total. The summed E-state index contributed by atoms with van der Waals surface area (Å²) in [6.45, 7) is 6.79. The van der Waals surface area contributed by atoms with Gasteiger partial charge >= 0.3 is 0 Å². The molecule has 0 saturated carbocycles. The summed E-state index contributed by atoms with van der Waals surface area (Å²) in [4.78, 5) is 9.28. The monoisotopic (exact) mass is 468 g/mol. The number of nitrogens with zero attached hydrogens (tertiary/aromatic N) is 3. The minimum absolute atomic E-state index is 0. The molecule has 0 amide bonds. The van der Waals surface area contributed by atoms with Gasteiger partial charge in [0.25, 0.3) is 0 Å². The molecule has 1 spiro atoms. The Kier molecular flexibility index (Phi) is 6.45. The van der Waals surface area contributed by atoms with Crippen LogP contribution >= 0.6 is 24.0 Å². The third-order valence-electron chi connectivity index (χ3n) is 5.68. The van der Waals surface area contributed by atoms with Crippen LogP contribution in [0.15, 0.2) is 41.4 Å². The quantitative estimate of drug-likeness (QED) is 0.321. The molecule has 3 aliphatic heterocycles. The van der Waals surface area contributed by atoms with Gasteiger partial charge in [-0.2, -0.15) is 0 Å². The van der Waals surface area contributed by atoms with Gasteiger partial charge in [0.15, 0.2) is 5.96 Å². The van der Waals surface area contributed by atoms with Crippen molar-refractivity contribution in [2.75, 3.05) is 51.3 Å². The molecule has 142 valence electrons. The summed E-state index contributed by atoms with van der Waals surface area (Å²) >= 11 is 0. The molecule has 0 aliphatic carbocycles.